The number of hydrogen-bond donors (Lipinski definition) is 5. The first kappa shape index (κ1) is 45.9. The van der Waals surface area contributed by atoms with Crippen molar-refractivity contribution in [2.75, 3.05) is 9.44 Å². The smallest absolute Gasteiger partial charge is 0.478 e. The molecule has 62 heavy (non-hydrogen) atoms. The van der Waals surface area contributed by atoms with Crippen molar-refractivity contribution >= 4 is 49.3 Å². The Labute approximate surface area is 354 Å². The lowest BCUT2D eigenvalue weighted by atomic mass is 10.0. The number of aryl methyl sites for hydroxylation is 4. The molecule has 0 unspecified atom stereocenters. The van der Waals surface area contributed by atoms with Gasteiger partial charge < -0.3 is 20.1 Å². The number of nitrogens with one attached hydrogen (secondary N) is 2. The Morgan fingerprint density at radius 2 is 0.790 bits per heavy atom. The third-order valence-electron chi connectivity index (χ3n) is 8.94. The summed E-state index contributed by atoms with van der Waals surface area (Å²) in [5, 5.41) is 26.8. The molecule has 0 fully saturated rings. The average molecular weight is 891 g/mol. The Balaban J connectivity index is 0.000000235. The molecule has 0 saturated carbocycles. The van der Waals surface area contributed by atoms with E-state index in [2.05, 4.69) is 14.2 Å². The molecule has 5 N–H and O–H groups in total. The van der Waals surface area contributed by atoms with Gasteiger partial charge in [0, 0.05) is 11.4 Å². The van der Waals surface area contributed by atoms with Gasteiger partial charge in [0.15, 0.2) is 0 Å². The highest BCUT2D eigenvalue weighted by atomic mass is 32.2. The van der Waals surface area contributed by atoms with Crippen molar-refractivity contribution in [3.63, 3.8) is 0 Å². The maximum atomic E-state index is 12.6. The maximum absolute atomic E-state index is 12.6. The molecule has 0 aromatic heterocycles. The number of aromatic carboxylic acids is 3. The van der Waals surface area contributed by atoms with Crippen molar-refractivity contribution in [1.29, 1.82) is 0 Å². The lowest BCUT2D eigenvalue weighted by Crippen LogP contribution is -2.17. The second-order valence-corrected chi connectivity index (χ2v) is 16.8. The summed E-state index contributed by atoms with van der Waals surface area (Å²) < 4.78 is 95.6. The van der Waals surface area contributed by atoms with E-state index in [4.69, 9.17) is 15.3 Å². The number of anilines is 2. The van der Waals surface area contributed by atoms with E-state index in [1.807, 2.05) is 12.1 Å². The van der Waals surface area contributed by atoms with E-state index in [9.17, 15) is 44.4 Å². The van der Waals surface area contributed by atoms with E-state index in [0.29, 0.717) is 37.1 Å². The number of carboxylic acids is 3. The third kappa shape index (κ3) is 13.7. The van der Waals surface area contributed by atoms with Gasteiger partial charge in [-0.3, -0.25) is 9.44 Å². The SMILES string of the molecule is O=C(O)c1ccc(CCc2cccc(NS(=O)(=O)c3ccc(C(=O)O)cc3)c2)cc1.O=C(O)c1ccc(CCc2cccc(NS(=O)(=O)c3ccc(OC(F)(F)F)cc3)c2)cc1. The van der Waals surface area contributed by atoms with Crippen LogP contribution in [0.5, 0.6) is 5.75 Å². The molecule has 6 aromatic carbocycles. The molecule has 18 heteroatoms. The second kappa shape index (κ2) is 19.9. The Kier molecular flexibility index (Phi) is 14.7. The highest BCUT2D eigenvalue weighted by molar-refractivity contribution is 7.93. The topological polar surface area (TPSA) is 213 Å². The molecular formula is C44H37F3N2O11S2. The molecule has 13 nitrogen and oxygen atoms in total. The molecule has 0 aliphatic heterocycles. The minimum atomic E-state index is -4.86. The lowest BCUT2D eigenvalue weighted by Gasteiger charge is -2.11. The van der Waals surface area contributed by atoms with Gasteiger partial charge in [-0.15, -0.1) is 13.2 Å². The number of benzene rings is 6. The summed E-state index contributed by atoms with van der Waals surface area (Å²) in [6, 6.07) is 35.7. The molecule has 0 aliphatic rings. The van der Waals surface area contributed by atoms with Crippen LogP contribution in [0.1, 0.15) is 53.3 Å². The first-order chi connectivity index (χ1) is 29.3. The number of alkyl halides is 3. The van der Waals surface area contributed by atoms with Gasteiger partial charge in [-0.05, 0) is 145 Å². The summed E-state index contributed by atoms with van der Waals surface area (Å²) in [4.78, 5) is 32.5. The van der Waals surface area contributed by atoms with Gasteiger partial charge in [-0.2, -0.15) is 0 Å². The first-order valence-corrected chi connectivity index (χ1v) is 21.3. The Morgan fingerprint density at radius 1 is 0.468 bits per heavy atom. The Bertz CT molecular complexity index is 2750. The van der Waals surface area contributed by atoms with Crippen LogP contribution in [0.25, 0.3) is 0 Å². The third-order valence-corrected chi connectivity index (χ3v) is 11.7. The van der Waals surface area contributed by atoms with E-state index in [0.717, 1.165) is 46.5 Å². The highest BCUT2D eigenvalue weighted by Gasteiger charge is 2.31. The fraction of sp³-hybridized carbons (Fsp3) is 0.114. The molecule has 322 valence electrons. The highest BCUT2D eigenvalue weighted by Crippen LogP contribution is 2.26. The molecule has 0 spiro atoms. The Hall–Kier alpha value is -7.18. The lowest BCUT2D eigenvalue weighted by molar-refractivity contribution is -0.274. The van der Waals surface area contributed by atoms with Gasteiger partial charge in [0.2, 0.25) is 0 Å². The fourth-order valence-electron chi connectivity index (χ4n) is 5.81. The number of rotatable bonds is 16. The van der Waals surface area contributed by atoms with E-state index in [1.54, 1.807) is 72.8 Å². The largest absolute Gasteiger partial charge is 0.573 e. The number of ether oxygens (including phenoxy) is 1. The number of hydrogen-bond acceptors (Lipinski definition) is 8. The summed E-state index contributed by atoms with van der Waals surface area (Å²) in [5.74, 6) is -3.62. The Morgan fingerprint density at radius 3 is 1.13 bits per heavy atom. The quantitative estimate of drug-likeness (QED) is 0.0621. The van der Waals surface area contributed by atoms with Crippen LogP contribution in [0.4, 0.5) is 24.5 Å². The number of carboxylic acid groups (broad SMARTS) is 3. The van der Waals surface area contributed by atoms with Crippen LogP contribution in [0.2, 0.25) is 0 Å². The van der Waals surface area contributed by atoms with Crippen molar-refractivity contribution in [3.8, 4) is 5.75 Å². The van der Waals surface area contributed by atoms with Crippen LogP contribution in [0.15, 0.2) is 155 Å². The van der Waals surface area contributed by atoms with Crippen molar-refractivity contribution in [1.82, 2.24) is 0 Å². The van der Waals surface area contributed by atoms with Crippen LogP contribution < -0.4 is 14.2 Å². The van der Waals surface area contributed by atoms with Gasteiger partial charge in [-0.1, -0.05) is 48.5 Å². The normalized spacial score (nSPS) is 11.4. The van der Waals surface area contributed by atoms with Gasteiger partial charge in [0.05, 0.1) is 26.5 Å². The molecule has 0 atom stereocenters. The number of carbonyl (C=O) groups is 3. The molecule has 0 aliphatic carbocycles. The van der Waals surface area contributed by atoms with Crippen molar-refractivity contribution < 1.29 is 64.4 Å². The minimum absolute atomic E-state index is 0.00679. The second-order valence-electron chi connectivity index (χ2n) is 13.5. The van der Waals surface area contributed by atoms with Gasteiger partial charge in [0.1, 0.15) is 5.75 Å². The van der Waals surface area contributed by atoms with E-state index < -0.39 is 50.1 Å². The zero-order valence-electron chi connectivity index (χ0n) is 32.2. The van der Waals surface area contributed by atoms with Crippen molar-refractivity contribution in [2.24, 2.45) is 0 Å². The van der Waals surface area contributed by atoms with Crippen LogP contribution in [-0.2, 0) is 45.7 Å². The van der Waals surface area contributed by atoms with Crippen LogP contribution in [0, 0.1) is 0 Å². The molecule has 0 bridgehead atoms. The zero-order chi connectivity index (χ0) is 45.1. The van der Waals surface area contributed by atoms with E-state index in [1.165, 1.54) is 36.4 Å². The van der Waals surface area contributed by atoms with Gasteiger partial charge in [0.25, 0.3) is 20.0 Å². The van der Waals surface area contributed by atoms with Gasteiger partial charge >= 0.3 is 24.3 Å². The molecule has 0 saturated heterocycles. The fourth-order valence-corrected chi connectivity index (χ4v) is 7.91. The molecule has 0 amide bonds. The summed E-state index contributed by atoms with van der Waals surface area (Å²) in [5.41, 5.74) is 4.81. The number of sulfonamides is 2. The molecule has 6 rings (SSSR count). The average Bonchev–Trinajstić information content (AvgIpc) is 3.22. The predicted octanol–water partition coefficient (Wildman–Crippen LogP) is 8.54. The van der Waals surface area contributed by atoms with Crippen LogP contribution in [0.3, 0.4) is 0 Å². The standard InChI is InChI=1S/C22H18F3NO5S.C22H19NO6S/c23-22(24,25)31-19-10-12-20(13-11-19)32(29,30)26-18-3-1-2-16(14-18)5-4-15-6-8-17(9-7-15)21(27)28;24-21(25)17-8-6-15(7-9-17)4-5-16-2-1-3-19(14-16)23-30(28,29)20-12-10-18(11-13-20)22(26)27/h1-3,6-14,26H,4-5H2,(H,27,28);1-3,6-14,23H,4-5H2,(H,24,25)(H,26,27). The van der Waals surface area contributed by atoms with E-state index in [-0.39, 0.29) is 26.5 Å². The summed E-state index contributed by atoms with van der Waals surface area (Å²) in [6.07, 6.45) is -2.33. The molecule has 0 radical (unpaired) electrons. The zero-order valence-corrected chi connectivity index (χ0v) is 33.9. The van der Waals surface area contributed by atoms with Crippen molar-refractivity contribution in [3.05, 3.63) is 185 Å². The maximum Gasteiger partial charge on any atom is 0.573 e. The molecular weight excluding hydrogens is 854 g/mol. The summed E-state index contributed by atoms with van der Waals surface area (Å²) in [7, 11) is -7.86. The summed E-state index contributed by atoms with van der Waals surface area (Å²) in [6.45, 7) is 0. The van der Waals surface area contributed by atoms with Gasteiger partial charge in [-0.25, -0.2) is 31.2 Å². The molecule has 0 heterocycles. The first-order valence-electron chi connectivity index (χ1n) is 18.3. The predicted molar refractivity (Wildman–Crippen MR) is 223 cm³/mol. The van der Waals surface area contributed by atoms with Crippen LogP contribution >= 0.6 is 0 Å². The monoisotopic (exact) mass is 890 g/mol. The molecule has 6 aromatic rings. The minimum Gasteiger partial charge on any atom is -0.478 e. The van der Waals surface area contributed by atoms with Crippen LogP contribution in [-0.4, -0.2) is 56.4 Å². The summed E-state index contributed by atoms with van der Waals surface area (Å²) >= 11 is 0. The van der Waals surface area contributed by atoms with E-state index >= 15 is 0 Å². The number of halogens is 3. The van der Waals surface area contributed by atoms with Crippen molar-refractivity contribution in [2.45, 2.75) is 41.8 Å².